The fraction of sp³-hybridized carbons (Fsp3) is 0.133. The number of hydrogen-bond acceptors (Lipinski definition) is 4. The number of nitrogens with one attached hydrogen (secondary N) is 1. The first kappa shape index (κ1) is 20.4. The minimum atomic E-state index is 0.708. The van der Waals surface area contributed by atoms with Crippen molar-refractivity contribution in [2.24, 2.45) is 0 Å². The summed E-state index contributed by atoms with van der Waals surface area (Å²) in [5.41, 5.74) is 8.72. The van der Waals surface area contributed by atoms with Gasteiger partial charge in [-0.2, -0.15) is 0 Å². The standard InChI is InChI=1S/C30H25N3O/c1-20-29(32-28-19-27(17-18-31-28)21-5-3-2-4-6-21)30(34-33-20)26-15-13-25(14-16-26)24-11-9-23(10-12-24)22-7-8-22/h2-6,9-19,22H,7-8H2,1H3,(H,31,32). The number of benzene rings is 3. The molecule has 0 amide bonds. The quantitative estimate of drug-likeness (QED) is 0.289. The van der Waals surface area contributed by atoms with Gasteiger partial charge < -0.3 is 9.84 Å². The van der Waals surface area contributed by atoms with Crippen molar-refractivity contribution in [2.45, 2.75) is 25.7 Å². The minimum absolute atomic E-state index is 0.708. The van der Waals surface area contributed by atoms with Crippen molar-refractivity contribution in [2.75, 3.05) is 5.32 Å². The predicted octanol–water partition coefficient (Wildman–Crippen LogP) is 8.00. The summed E-state index contributed by atoms with van der Waals surface area (Å²) in [6.45, 7) is 1.94. The molecule has 0 spiro atoms. The van der Waals surface area contributed by atoms with Gasteiger partial charge >= 0.3 is 0 Å². The average molecular weight is 444 g/mol. The Labute approximate surface area is 199 Å². The molecule has 1 N–H and O–H groups in total. The molecule has 1 saturated carbocycles. The third-order valence-corrected chi connectivity index (χ3v) is 6.42. The molecule has 34 heavy (non-hydrogen) atoms. The van der Waals surface area contributed by atoms with Crippen molar-refractivity contribution < 1.29 is 4.52 Å². The number of pyridine rings is 1. The molecule has 1 aliphatic rings. The van der Waals surface area contributed by atoms with Gasteiger partial charge in [-0.15, -0.1) is 0 Å². The predicted molar refractivity (Wildman–Crippen MR) is 137 cm³/mol. The summed E-state index contributed by atoms with van der Waals surface area (Å²) >= 11 is 0. The van der Waals surface area contributed by atoms with Crippen LogP contribution in [0.15, 0.2) is 102 Å². The fourth-order valence-corrected chi connectivity index (χ4v) is 4.33. The topological polar surface area (TPSA) is 51.0 Å². The second-order valence-electron chi connectivity index (χ2n) is 8.87. The Balaban J connectivity index is 1.26. The zero-order valence-corrected chi connectivity index (χ0v) is 19.0. The molecule has 4 heteroatoms. The van der Waals surface area contributed by atoms with Gasteiger partial charge in [-0.05, 0) is 65.6 Å². The van der Waals surface area contributed by atoms with Crippen molar-refractivity contribution in [3.05, 3.63) is 108 Å². The van der Waals surface area contributed by atoms with E-state index in [0.29, 0.717) is 5.76 Å². The van der Waals surface area contributed by atoms with Gasteiger partial charge in [-0.25, -0.2) is 4.98 Å². The lowest BCUT2D eigenvalue weighted by Gasteiger charge is -2.09. The van der Waals surface area contributed by atoms with Crippen LogP contribution >= 0.6 is 0 Å². The first-order chi connectivity index (χ1) is 16.7. The molecule has 0 aliphatic heterocycles. The van der Waals surface area contributed by atoms with E-state index in [9.17, 15) is 0 Å². The van der Waals surface area contributed by atoms with Gasteiger partial charge in [0.15, 0.2) is 5.76 Å². The minimum Gasteiger partial charge on any atom is -0.354 e. The lowest BCUT2D eigenvalue weighted by atomic mass is 10.0. The molecule has 5 aromatic rings. The van der Waals surface area contributed by atoms with Gasteiger partial charge in [-0.3, -0.25) is 0 Å². The number of aryl methyl sites for hydroxylation is 1. The number of nitrogens with zero attached hydrogens (tertiary/aromatic N) is 2. The van der Waals surface area contributed by atoms with Crippen LogP contribution in [0, 0.1) is 6.92 Å². The molecule has 0 radical (unpaired) electrons. The maximum absolute atomic E-state index is 5.72. The second kappa shape index (κ2) is 8.64. The van der Waals surface area contributed by atoms with Crippen LogP contribution in [0.1, 0.15) is 30.0 Å². The first-order valence-corrected chi connectivity index (χ1v) is 11.7. The second-order valence-corrected chi connectivity index (χ2v) is 8.87. The van der Waals surface area contributed by atoms with E-state index in [4.69, 9.17) is 4.52 Å². The van der Waals surface area contributed by atoms with E-state index in [2.05, 4.69) is 76.1 Å². The van der Waals surface area contributed by atoms with Crippen molar-refractivity contribution in [1.29, 1.82) is 0 Å². The van der Waals surface area contributed by atoms with Gasteiger partial charge in [0.05, 0.1) is 0 Å². The summed E-state index contributed by atoms with van der Waals surface area (Å²) < 4.78 is 5.72. The zero-order chi connectivity index (χ0) is 22.9. The molecule has 0 saturated heterocycles. The summed E-state index contributed by atoms with van der Waals surface area (Å²) in [6, 6.07) is 31.8. The highest BCUT2D eigenvalue weighted by molar-refractivity contribution is 5.80. The third-order valence-electron chi connectivity index (χ3n) is 6.42. The van der Waals surface area contributed by atoms with E-state index in [1.807, 2.05) is 43.5 Å². The summed E-state index contributed by atoms with van der Waals surface area (Å²) in [7, 11) is 0. The number of hydrogen-bond donors (Lipinski definition) is 1. The maximum Gasteiger partial charge on any atom is 0.190 e. The van der Waals surface area contributed by atoms with Gasteiger partial charge in [0.1, 0.15) is 17.2 Å². The average Bonchev–Trinajstić information content (AvgIpc) is 3.69. The summed E-state index contributed by atoms with van der Waals surface area (Å²) in [5, 5.41) is 7.65. The van der Waals surface area contributed by atoms with Crippen LogP contribution in [0.5, 0.6) is 0 Å². The molecule has 4 nitrogen and oxygen atoms in total. The van der Waals surface area contributed by atoms with E-state index in [0.717, 1.165) is 39.8 Å². The maximum atomic E-state index is 5.72. The van der Waals surface area contributed by atoms with Crippen LogP contribution in [-0.4, -0.2) is 10.1 Å². The van der Waals surface area contributed by atoms with E-state index in [-0.39, 0.29) is 0 Å². The van der Waals surface area contributed by atoms with Gasteiger partial charge in [-0.1, -0.05) is 84.0 Å². The van der Waals surface area contributed by atoms with Crippen LogP contribution in [-0.2, 0) is 0 Å². The van der Waals surface area contributed by atoms with Crippen LogP contribution in [0.3, 0.4) is 0 Å². The first-order valence-electron chi connectivity index (χ1n) is 11.7. The monoisotopic (exact) mass is 443 g/mol. The highest BCUT2D eigenvalue weighted by atomic mass is 16.5. The van der Waals surface area contributed by atoms with Crippen molar-refractivity contribution in [3.8, 4) is 33.6 Å². The smallest absolute Gasteiger partial charge is 0.190 e. The molecule has 2 heterocycles. The van der Waals surface area contributed by atoms with Crippen molar-refractivity contribution >= 4 is 11.5 Å². The Morgan fingerprint density at radius 1 is 0.735 bits per heavy atom. The normalized spacial score (nSPS) is 13.1. The Kier molecular flexibility index (Phi) is 5.19. The van der Waals surface area contributed by atoms with E-state index in [1.165, 1.54) is 29.5 Å². The van der Waals surface area contributed by atoms with Crippen LogP contribution in [0.4, 0.5) is 11.5 Å². The van der Waals surface area contributed by atoms with Crippen LogP contribution in [0.2, 0.25) is 0 Å². The summed E-state index contributed by atoms with van der Waals surface area (Å²) in [5.74, 6) is 2.24. The lowest BCUT2D eigenvalue weighted by Crippen LogP contribution is -1.96. The van der Waals surface area contributed by atoms with E-state index >= 15 is 0 Å². The van der Waals surface area contributed by atoms with Gasteiger partial charge in [0.25, 0.3) is 0 Å². The highest BCUT2D eigenvalue weighted by Gasteiger charge is 2.23. The number of anilines is 2. The largest absolute Gasteiger partial charge is 0.354 e. The molecule has 2 aromatic heterocycles. The van der Waals surface area contributed by atoms with Gasteiger partial charge in [0.2, 0.25) is 0 Å². The van der Waals surface area contributed by atoms with Gasteiger partial charge in [0, 0.05) is 11.8 Å². The Morgan fingerprint density at radius 3 is 2.09 bits per heavy atom. The van der Waals surface area contributed by atoms with E-state index < -0.39 is 0 Å². The molecule has 1 fully saturated rings. The van der Waals surface area contributed by atoms with Crippen LogP contribution in [0.25, 0.3) is 33.6 Å². The molecular formula is C30H25N3O. The summed E-state index contributed by atoms with van der Waals surface area (Å²) in [6.07, 6.45) is 4.47. The van der Waals surface area contributed by atoms with Crippen molar-refractivity contribution in [3.63, 3.8) is 0 Å². The van der Waals surface area contributed by atoms with Crippen LogP contribution < -0.4 is 5.32 Å². The number of rotatable bonds is 6. The molecule has 0 unspecified atom stereocenters. The summed E-state index contributed by atoms with van der Waals surface area (Å²) in [4.78, 5) is 4.51. The molecule has 0 atom stereocenters. The highest BCUT2D eigenvalue weighted by Crippen LogP contribution is 2.40. The molecule has 166 valence electrons. The Hall–Kier alpha value is -4.18. The number of aromatic nitrogens is 2. The van der Waals surface area contributed by atoms with Crippen molar-refractivity contribution in [1.82, 2.24) is 10.1 Å². The fourth-order valence-electron chi connectivity index (χ4n) is 4.33. The third kappa shape index (κ3) is 4.11. The Morgan fingerprint density at radius 2 is 1.38 bits per heavy atom. The Bertz CT molecular complexity index is 1420. The zero-order valence-electron chi connectivity index (χ0n) is 19.0. The van der Waals surface area contributed by atoms with E-state index in [1.54, 1.807) is 0 Å². The molecule has 1 aliphatic carbocycles. The molecule has 0 bridgehead atoms. The molecule has 6 rings (SSSR count). The SMILES string of the molecule is Cc1noc(-c2ccc(-c3ccc(C4CC4)cc3)cc2)c1Nc1cc(-c2ccccc2)ccn1. The molecular weight excluding hydrogens is 418 g/mol. The molecule has 3 aromatic carbocycles. The lowest BCUT2D eigenvalue weighted by molar-refractivity contribution is 0.427.